The Balaban J connectivity index is 2.09. The Morgan fingerprint density at radius 1 is 1.06 bits per heavy atom. The maximum atomic E-state index is 12.7. The van der Waals surface area contributed by atoms with E-state index in [2.05, 4.69) is 0 Å². The van der Waals surface area contributed by atoms with Gasteiger partial charge in [-0.15, -0.1) is 0 Å². The fourth-order valence-electron chi connectivity index (χ4n) is 1.35. The molecule has 0 amide bonds. The van der Waals surface area contributed by atoms with Gasteiger partial charge in [0.05, 0.1) is 6.61 Å². The van der Waals surface area contributed by atoms with E-state index in [0.29, 0.717) is 25.2 Å². The molecular weight excluding hydrogens is 236 g/mol. The van der Waals surface area contributed by atoms with Crippen LogP contribution in [-0.2, 0) is 0 Å². The molecule has 0 aliphatic rings. The number of halogens is 4. The van der Waals surface area contributed by atoms with Crippen molar-refractivity contribution in [2.45, 2.75) is 31.9 Å². The van der Waals surface area contributed by atoms with Gasteiger partial charge >= 0.3 is 6.18 Å². The maximum absolute atomic E-state index is 12.7. The summed E-state index contributed by atoms with van der Waals surface area (Å²) in [5.74, 6) is 0.0143. The van der Waals surface area contributed by atoms with Crippen molar-refractivity contribution >= 4 is 0 Å². The van der Waals surface area contributed by atoms with E-state index in [9.17, 15) is 17.6 Å². The lowest BCUT2D eigenvalue weighted by Crippen LogP contribution is -2.06. The number of alkyl halides is 3. The molecule has 1 rings (SSSR count). The quantitative estimate of drug-likeness (QED) is 0.539. The van der Waals surface area contributed by atoms with E-state index < -0.39 is 12.6 Å². The predicted octanol–water partition coefficient (Wildman–Crippen LogP) is 4.33. The van der Waals surface area contributed by atoms with Crippen LogP contribution < -0.4 is 4.74 Å². The summed E-state index contributed by atoms with van der Waals surface area (Å²) in [5, 5.41) is 0. The zero-order chi connectivity index (χ0) is 12.7. The Bertz CT molecular complexity index is 336. The normalized spacial score (nSPS) is 11.5. The third-order valence-electron chi connectivity index (χ3n) is 2.17. The lowest BCUT2D eigenvalue weighted by Gasteiger charge is -2.07. The van der Waals surface area contributed by atoms with Gasteiger partial charge in [-0.05, 0) is 31.4 Å². The molecule has 0 saturated carbocycles. The van der Waals surface area contributed by atoms with Crippen LogP contribution >= 0.6 is 0 Å². The van der Waals surface area contributed by atoms with E-state index in [1.54, 1.807) is 6.07 Å². The summed E-state index contributed by atoms with van der Waals surface area (Å²) >= 11 is 0. The first-order valence-corrected chi connectivity index (χ1v) is 5.42. The molecule has 0 fully saturated rings. The van der Waals surface area contributed by atoms with E-state index in [4.69, 9.17) is 4.74 Å². The average molecular weight is 250 g/mol. The van der Waals surface area contributed by atoms with Crippen LogP contribution in [0, 0.1) is 5.82 Å². The highest BCUT2D eigenvalue weighted by atomic mass is 19.4. The lowest BCUT2D eigenvalue weighted by molar-refractivity contribution is -0.135. The largest absolute Gasteiger partial charge is 0.493 e. The fraction of sp³-hybridized carbons (Fsp3) is 0.500. The van der Waals surface area contributed by atoms with Gasteiger partial charge in [-0.25, -0.2) is 4.39 Å². The molecule has 1 nitrogen and oxygen atoms in total. The molecule has 0 heterocycles. The Morgan fingerprint density at radius 2 is 1.82 bits per heavy atom. The summed E-state index contributed by atoms with van der Waals surface area (Å²) in [6.07, 6.45) is -3.74. The van der Waals surface area contributed by atoms with Crippen LogP contribution in [0.15, 0.2) is 24.3 Å². The van der Waals surface area contributed by atoms with E-state index in [0.717, 1.165) is 0 Å². The zero-order valence-corrected chi connectivity index (χ0v) is 9.27. The van der Waals surface area contributed by atoms with Gasteiger partial charge in [0.25, 0.3) is 0 Å². The molecule has 1 aromatic rings. The molecule has 96 valence electrons. The molecule has 0 unspecified atom stereocenters. The van der Waals surface area contributed by atoms with Crippen molar-refractivity contribution in [3.63, 3.8) is 0 Å². The summed E-state index contributed by atoms with van der Waals surface area (Å²) in [4.78, 5) is 0. The third-order valence-corrected chi connectivity index (χ3v) is 2.17. The number of benzene rings is 1. The van der Waals surface area contributed by atoms with Crippen molar-refractivity contribution in [1.29, 1.82) is 0 Å². The maximum Gasteiger partial charge on any atom is 0.389 e. The summed E-state index contributed by atoms with van der Waals surface area (Å²) in [5.41, 5.74) is 0. The first-order chi connectivity index (χ1) is 7.97. The summed E-state index contributed by atoms with van der Waals surface area (Å²) < 4.78 is 53.3. The van der Waals surface area contributed by atoms with Gasteiger partial charge in [0, 0.05) is 12.5 Å². The van der Waals surface area contributed by atoms with E-state index in [1.165, 1.54) is 18.2 Å². The first kappa shape index (κ1) is 13.8. The molecule has 0 spiro atoms. The molecule has 0 aliphatic heterocycles. The van der Waals surface area contributed by atoms with Gasteiger partial charge in [-0.2, -0.15) is 13.2 Å². The smallest absolute Gasteiger partial charge is 0.389 e. The van der Waals surface area contributed by atoms with Crippen LogP contribution in [0.25, 0.3) is 0 Å². The van der Waals surface area contributed by atoms with Crippen LogP contribution in [-0.4, -0.2) is 12.8 Å². The molecule has 0 aromatic heterocycles. The number of rotatable bonds is 6. The molecule has 1 aromatic carbocycles. The number of hydrogen-bond donors (Lipinski definition) is 0. The SMILES string of the molecule is Fc1cccc(OCCCCCC(F)(F)F)c1. The molecule has 0 bridgehead atoms. The van der Waals surface area contributed by atoms with E-state index in [1.807, 2.05) is 0 Å². The Kier molecular flexibility index (Phi) is 5.25. The summed E-state index contributed by atoms with van der Waals surface area (Å²) in [7, 11) is 0. The zero-order valence-electron chi connectivity index (χ0n) is 9.27. The average Bonchev–Trinajstić information content (AvgIpc) is 2.22. The second kappa shape index (κ2) is 6.47. The van der Waals surface area contributed by atoms with Crippen molar-refractivity contribution in [2.24, 2.45) is 0 Å². The van der Waals surface area contributed by atoms with Crippen LogP contribution in [0.3, 0.4) is 0 Å². The molecular formula is C12H14F4O. The number of unbranched alkanes of at least 4 members (excludes halogenated alkanes) is 2. The minimum absolute atomic E-state index is 0.107. The van der Waals surface area contributed by atoms with Gasteiger partial charge < -0.3 is 4.74 Å². The van der Waals surface area contributed by atoms with Crippen molar-refractivity contribution < 1.29 is 22.3 Å². The minimum atomic E-state index is -4.08. The summed E-state index contributed by atoms with van der Waals surface area (Å²) in [6.45, 7) is 0.307. The van der Waals surface area contributed by atoms with Gasteiger partial charge in [0.1, 0.15) is 11.6 Å². The highest BCUT2D eigenvalue weighted by Gasteiger charge is 2.25. The monoisotopic (exact) mass is 250 g/mol. The Hall–Kier alpha value is -1.26. The Labute approximate surface area is 97.4 Å². The first-order valence-electron chi connectivity index (χ1n) is 5.42. The van der Waals surface area contributed by atoms with Gasteiger partial charge in [-0.1, -0.05) is 6.07 Å². The second-order valence-electron chi connectivity index (χ2n) is 3.73. The summed E-state index contributed by atoms with van der Waals surface area (Å²) in [6, 6.07) is 5.68. The molecule has 0 saturated heterocycles. The highest BCUT2D eigenvalue weighted by Crippen LogP contribution is 2.22. The fourth-order valence-corrected chi connectivity index (χ4v) is 1.35. The van der Waals surface area contributed by atoms with Crippen LogP contribution in [0.1, 0.15) is 25.7 Å². The molecule has 0 radical (unpaired) electrons. The Morgan fingerprint density at radius 3 is 2.47 bits per heavy atom. The number of ether oxygens (including phenoxy) is 1. The second-order valence-corrected chi connectivity index (χ2v) is 3.73. The van der Waals surface area contributed by atoms with Gasteiger partial charge in [0.15, 0.2) is 0 Å². The van der Waals surface area contributed by atoms with Crippen molar-refractivity contribution in [3.05, 3.63) is 30.1 Å². The third kappa shape index (κ3) is 6.81. The van der Waals surface area contributed by atoms with E-state index >= 15 is 0 Å². The van der Waals surface area contributed by atoms with Crippen LogP contribution in [0.4, 0.5) is 17.6 Å². The topological polar surface area (TPSA) is 9.23 Å². The highest BCUT2D eigenvalue weighted by molar-refractivity contribution is 5.22. The number of hydrogen-bond acceptors (Lipinski definition) is 1. The standard InChI is InChI=1S/C12H14F4O/c13-10-5-4-6-11(9-10)17-8-3-1-2-7-12(14,15)16/h4-6,9H,1-3,7-8H2. The molecule has 0 aliphatic carbocycles. The molecule has 17 heavy (non-hydrogen) atoms. The molecule has 0 atom stereocenters. The molecule has 5 heteroatoms. The minimum Gasteiger partial charge on any atom is -0.493 e. The van der Waals surface area contributed by atoms with Crippen LogP contribution in [0.2, 0.25) is 0 Å². The van der Waals surface area contributed by atoms with Crippen molar-refractivity contribution in [1.82, 2.24) is 0 Å². The predicted molar refractivity (Wildman–Crippen MR) is 56.4 cm³/mol. The van der Waals surface area contributed by atoms with Crippen molar-refractivity contribution in [3.8, 4) is 5.75 Å². The van der Waals surface area contributed by atoms with Crippen molar-refractivity contribution in [2.75, 3.05) is 6.61 Å². The van der Waals surface area contributed by atoms with Gasteiger partial charge in [0.2, 0.25) is 0 Å². The van der Waals surface area contributed by atoms with E-state index in [-0.39, 0.29) is 12.2 Å². The molecule has 0 N–H and O–H groups in total. The lowest BCUT2D eigenvalue weighted by atomic mass is 10.2. The van der Waals surface area contributed by atoms with Crippen LogP contribution in [0.5, 0.6) is 5.75 Å². The van der Waals surface area contributed by atoms with Gasteiger partial charge in [-0.3, -0.25) is 0 Å².